The van der Waals surface area contributed by atoms with Crippen LogP contribution in [0.4, 0.5) is 0 Å². The summed E-state index contributed by atoms with van der Waals surface area (Å²) in [6.07, 6.45) is 3.58. The Balaban J connectivity index is 0. The monoisotopic (exact) mass is 217 g/mol. The summed E-state index contributed by atoms with van der Waals surface area (Å²) in [5.74, 6) is 0. The van der Waals surface area contributed by atoms with Gasteiger partial charge in [0.1, 0.15) is 0 Å². The van der Waals surface area contributed by atoms with Crippen LogP contribution in [0.5, 0.6) is 0 Å². The van der Waals surface area contributed by atoms with E-state index in [4.69, 9.17) is 4.74 Å². The van der Waals surface area contributed by atoms with Gasteiger partial charge in [-0.2, -0.15) is 0 Å². The molecule has 0 aromatic rings. The number of hydrogen-bond acceptors (Lipinski definition) is 2. The number of piperidine rings is 1. The van der Waals surface area contributed by atoms with Crippen LogP contribution >= 0.6 is 0 Å². The van der Waals surface area contributed by atoms with Gasteiger partial charge in [-0.05, 0) is 26.8 Å². The van der Waals surface area contributed by atoms with Crippen LogP contribution in [-0.2, 0) is 4.74 Å². The van der Waals surface area contributed by atoms with Gasteiger partial charge in [-0.15, -0.1) is 0 Å². The normalized spacial score (nSPS) is 19.4. The highest BCUT2D eigenvalue weighted by atomic mass is 16.5. The van der Waals surface area contributed by atoms with Crippen LogP contribution in [-0.4, -0.2) is 37.7 Å². The molecular weight excluding hydrogens is 186 g/mol. The van der Waals surface area contributed by atoms with E-state index in [2.05, 4.69) is 32.7 Å². The predicted molar refractivity (Wildman–Crippen MR) is 69.5 cm³/mol. The zero-order valence-electron chi connectivity index (χ0n) is 11.9. The lowest BCUT2D eigenvalue weighted by atomic mass is 9.94. The Morgan fingerprint density at radius 1 is 1.13 bits per heavy atom. The summed E-state index contributed by atoms with van der Waals surface area (Å²) < 4.78 is 5.40. The van der Waals surface area contributed by atoms with Crippen LogP contribution in [0.1, 0.15) is 53.9 Å². The molecule has 0 aromatic heterocycles. The summed E-state index contributed by atoms with van der Waals surface area (Å²) in [5.41, 5.74) is 0.159. The molecule has 0 aliphatic carbocycles. The first kappa shape index (κ1) is 17.3. The summed E-state index contributed by atoms with van der Waals surface area (Å²) in [6, 6.07) is 0. The smallest absolute Gasteiger partial charge is 0.0675 e. The minimum absolute atomic E-state index is 0.159. The molecule has 0 saturated carbocycles. The van der Waals surface area contributed by atoms with E-state index >= 15 is 0 Å². The van der Waals surface area contributed by atoms with Gasteiger partial charge in [-0.1, -0.05) is 34.1 Å². The minimum atomic E-state index is 0.159. The fourth-order valence-corrected chi connectivity index (χ4v) is 1.30. The quantitative estimate of drug-likeness (QED) is 0.666. The molecule has 1 rings (SSSR count). The summed E-state index contributed by atoms with van der Waals surface area (Å²) in [5, 5.41) is 0. The molecule has 94 valence electrons. The highest BCUT2D eigenvalue weighted by molar-refractivity contribution is 4.81. The van der Waals surface area contributed by atoms with E-state index in [-0.39, 0.29) is 5.60 Å². The lowest BCUT2D eigenvalue weighted by molar-refractivity contribution is -0.0382. The van der Waals surface area contributed by atoms with Gasteiger partial charge in [0.05, 0.1) is 5.60 Å². The van der Waals surface area contributed by atoms with E-state index in [0.29, 0.717) is 0 Å². The molecule has 0 unspecified atom stereocenters. The third kappa shape index (κ3) is 8.88. The standard InChI is InChI=1S/C8H17NO.C3H8.C2H6/c1-8(10-3)4-6-9(2)7-5-8;1-3-2;1-2/h4-7H2,1-3H3;3H2,1-2H3;1-2H3. The number of methoxy groups -OCH3 is 1. The molecule has 1 heterocycles. The SMILES string of the molecule is CC.CCC.COC1(C)CCN(C)CC1. The number of ether oxygens (including phenoxy) is 1. The van der Waals surface area contributed by atoms with Crippen LogP contribution in [0.15, 0.2) is 0 Å². The van der Waals surface area contributed by atoms with Crippen molar-refractivity contribution in [1.82, 2.24) is 4.90 Å². The topological polar surface area (TPSA) is 12.5 Å². The molecule has 0 aromatic carbocycles. The summed E-state index contributed by atoms with van der Waals surface area (Å²) in [4.78, 5) is 2.35. The number of rotatable bonds is 1. The van der Waals surface area contributed by atoms with Crippen molar-refractivity contribution in [1.29, 1.82) is 0 Å². The Labute approximate surface area is 97.0 Å². The molecule has 0 bridgehead atoms. The fourth-order valence-electron chi connectivity index (χ4n) is 1.30. The Morgan fingerprint density at radius 2 is 1.47 bits per heavy atom. The Morgan fingerprint density at radius 3 is 1.73 bits per heavy atom. The highest BCUT2D eigenvalue weighted by Gasteiger charge is 2.27. The van der Waals surface area contributed by atoms with Gasteiger partial charge < -0.3 is 9.64 Å². The molecule has 0 atom stereocenters. The second-order valence-electron chi connectivity index (χ2n) is 4.16. The molecule has 0 amide bonds. The summed E-state index contributed by atoms with van der Waals surface area (Å²) >= 11 is 0. The van der Waals surface area contributed by atoms with Gasteiger partial charge in [0.25, 0.3) is 0 Å². The van der Waals surface area contributed by atoms with Crippen molar-refractivity contribution in [2.45, 2.75) is 59.5 Å². The molecule has 1 fully saturated rings. The minimum Gasteiger partial charge on any atom is -0.378 e. The van der Waals surface area contributed by atoms with Gasteiger partial charge in [-0.3, -0.25) is 0 Å². The maximum absolute atomic E-state index is 5.40. The zero-order valence-corrected chi connectivity index (χ0v) is 11.9. The predicted octanol–water partition coefficient (Wildman–Crippen LogP) is 3.56. The van der Waals surface area contributed by atoms with Crippen molar-refractivity contribution in [3.8, 4) is 0 Å². The largest absolute Gasteiger partial charge is 0.378 e. The Bertz CT molecular complexity index is 118. The second kappa shape index (κ2) is 10.4. The third-order valence-electron chi connectivity index (χ3n) is 2.54. The van der Waals surface area contributed by atoms with E-state index in [1.54, 1.807) is 0 Å². The van der Waals surface area contributed by atoms with E-state index in [1.807, 2.05) is 21.0 Å². The Hall–Kier alpha value is -0.0800. The van der Waals surface area contributed by atoms with Crippen molar-refractivity contribution in [2.75, 3.05) is 27.2 Å². The van der Waals surface area contributed by atoms with Crippen molar-refractivity contribution >= 4 is 0 Å². The van der Waals surface area contributed by atoms with E-state index in [9.17, 15) is 0 Å². The van der Waals surface area contributed by atoms with Gasteiger partial charge >= 0.3 is 0 Å². The molecule has 0 radical (unpaired) electrons. The second-order valence-corrected chi connectivity index (χ2v) is 4.16. The molecule has 1 aliphatic heterocycles. The average Bonchev–Trinajstić information content (AvgIpc) is 2.27. The van der Waals surface area contributed by atoms with E-state index < -0.39 is 0 Å². The van der Waals surface area contributed by atoms with Crippen molar-refractivity contribution in [2.24, 2.45) is 0 Å². The van der Waals surface area contributed by atoms with Gasteiger partial charge in [0.15, 0.2) is 0 Å². The molecule has 1 saturated heterocycles. The van der Waals surface area contributed by atoms with Crippen LogP contribution in [0.2, 0.25) is 0 Å². The van der Waals surface area contributed by atoms with E-state index in [1.165, 1.54) is 32.4 Å². The number of hydrogen-bond donors (Lipinski definition) is 0. The molecule has 1 aliphatic rings. The highest BCUT2D eigenvalue weighted by Crippen LogP contribution is 2.23. The van der Waals surface area contributed by atoms with Gasteiger partial charge in [0, 0.05) is 20.2 Å². The first-order chi connectivity index (χ1) is 7.08. The Kier molecular flexibility index (Phi) is 12.1. The van der Waals surface area contributed by atoms with Crippen molar-refractivity contribution in [3.63, 3.8) is 0 Å². The van der Waals surface area contributed by atoms with Crippen molar-refractivity contribution < 1.29 is 4.74 Å². The van der Waals surface area contributed by atoms with Crippen LogP contribution in [0.3, 0.4) is 0 Å². The zero-order chi connectivity index (χ0) is 12.3. The van der Waals surface area contributed by atoms with Crippen LogP contribution in [0, 0.1) is 0 Å². The average molecular weight is 217 g/mol. The first-order valence-electron chi connectivity index (χ1n) is 6.31. The van der Waals surface area contributed by atoms with Crippen molar-refractivity contribution in [3.05, 3.63) is 0 Å². The summed E-state index contributed by atoms with van der Waals surface area (Å²) in [6.45, 7) is 12.8. The lowest BCUT2D eigenvalue weighted by Gasteiger charge is -2.36. The molecule has 0 spiro atoms. The maximum atomic E-state index is 5.40. The molecule has 2 nitrogen and oxygen atoms in total. The number of nitrogens with zero attached hydrogens (tertiary/aromatic N) is 1. The maximum Gasteiger partial charge on any atom is 0.0675 e. The van der Waals surface area contributed by atoms with Gasteiger partial charge in [0.2, 0.25) is 0 Å². The molecular formula is C13H31NO. The molecule has 15 heavy (non-hydrogen) atoms. The van der Waals surface area contributed by atoms with Crippen LogP contribution in [0.25, 0.3) is 0 Å². The fraction of sp³-hybridized carbons (Fsp3) is 1.00. The number of likely N-dealkylation sites (tertiary alicyclic amines) is 1. The first-order valence-corrected chi connectivity index (χ1v) is 6.31. The molecule has 0 N–H and O–H groups in total. The lowest BCUT2D eigenvalue weighted by Crippen LogP contribution is -2.41. The van der Waals surface area contributed by atoms with Gasteiger partial charge in [-0.25, -0.2) is 0 Å². The third-order valence-corrected chi connectivity index (χ3v) is 2.54. The van der Waals surface area contributed by atoms with Crippen LogP contribution < -0.4 is 0 Å². The summed E-state index contributed by atoms with van der Waals surface area (Å²) in [7, 11) is 3.97. The van der Waals surface area contributed by atoms with E-state index in [0.717, 1.165) is 0 Å². The molecule has 2 heteroatoms.